The van der Waals surface area contributed by atoms with Gasteiger partial charge in [0.25, 0.3) is 5.91 Å². The maximum Gasteiger partial charge on any atom is 0.312 e. The Morgan fingerprint density at radius 1 is 1.00 bits per heavy atom. The molecule has 0 spiro atoms. The fourth-order valence-electron chi connectivity index (χ4n) is 3.15. The van der Waals surface area contributed by atoms with Gasteiger partial charge in [-0.05, 0) is 39.0 Å². The fourth-order valence-corrected chi connectivity index (χ4v) is 3.15. The molecule has 3 rings (SSSR count). The zero-order chi connectivity index (χ0) is 20.3. The Hall–Kier alpha value is -3.16. The summed E-state index contributed by atoms with van der Waals surface area (Å²) in [6.45, 7) is 6.91. The normalized spacial score (nSPS) is 14.3. The number of rotatable bonds is 3. The number of carbonyl (C=O) groups is 3. The van der Waals surface area contributed by atoms with Crippen molar-refractivity contribution in [1.82, 2.24) is 24.9 Å². The molecule has 0 radical (unpaired) electrons. The van der Waals surface area contributed by atoms with Gasteiger partial charge in [-0.25, -0.2) is 4.68 Å². The maximum atomic E-state index is 12.8. The van der Waals surface area contributed by atoms with Crippen LogP contribution in [0.15, 0.2) is 36.4 Å². The first-order valence-electron chi connectivity index (χ1n) is 9.38. The summed E-state index contributed by atoms with van der Waals surface area (Å²) in [4.78, 5) is 40.0. The van der Waals surface area contributed by atoms with Gasteiger partial charge in [-0.2, -0.15) is 5.10 Å². The lowest BCUT2D eigenvalue weighted by Crippen LogP contribution is -2.54. The highest BCUT2D eigenvalue weighted by molar-refractivity contribution is 6.35. The van der Waals surface area contributed by atoms with Crippen molar-refractivity contribution in [3.63, 3.8) is 0 Å². The summed E-state index contributed by atoms with van der Waals surface area (Å²) >= 11 is 0. The van der Waals surface area contributed by atoms with Gasteiger partial charge in [0, 0.05) is 37.9 Å². The molecular weight excluding hydrogens is 358 g/mol. The SMILES string of the molecule is Cc1cc(C(=O)N2CCN(C(=O)C(=O)NC(C)C)CC2)nn1-c1ccccc1. The third-order valence-corrected chi connectivity index (χ3v) is 4.58. The van der Waals surface area contributed by atoms with Crippen LogP contribution in [-0.2, 0) is 9.59 Å². The second-order valence-electron chi connectivity index (χ2n) is 7.13. The van der Waals surface area contributed by atoms with Gasteiger partial charge in [0.1, 0.15) is 0 Å². The predicted octanol–water partition coefficient (Wildman–Crippen LogP) is 0.990. The Kier molecular flexibility index (Phi) is 5.77. The van der Waals surface area contributed by atoms with Crippen molar-refractivity contribution in [2.75, 3.05) is 26.2 Å². The average molecular weight is 383 g/mol. The molecule has 1 aliphatic rings. The van der Waals surface area contributed by atoms with Crippen molar-refractivity contribution in [1.29, 1.82) is 0 Å². The Morgan fingerprint density at radius 2 is 1.61 bits per heavy atom. The first-order valence-corrected chi connectivity index (χ1v) is 9.38. The first-order chi connectivity index (χ1) is 13.4. The summed E-state index contributed by atoms with van der Waals surface area (Å²) in [5, 5.41) is 7.05. The molecule has 8 heteroatoms. The van der Waals surface area contributed by atoms with Crippen molar-refractivity contribution in [3.05, 3.63) is 47.8 Å². The van der Waals surface area contributed by atoms with Crippen LogP contribution in [0.4, 0.5) is 0 Å². The maximum absolute atomic E-state index is 12.8. The van der Waals surface area contributed by atoms with E-state index in [1.165, 1.54) is 4.90 Å². The largest absolute Gasteiger partial charge is 0.346 e. The monoisotopic (exact) mass is 383 g/mol. The fraction of sp³-hybridized carbons (Fsp3) is 0.400. The van der Waals surface area contributed by atoms with Crippen LogP contribution in [0.5, 0.6) is 0 Å². The predicted molar refractivity (Wildman–Crippen MR) is 104 cm³/mol. The number of aryl methyl sites for hydroxylation is 1. The summed E-state index contributed by atoms with van der Waals surface area (Å²) in [6.07, 6.45) is 0. The second kappa shape index (κ2) is 8.24. The third kappa shape index (κ3) is 4.21. The number of benzene rings is 1. The van der Waals surface area contributed by atoms with E-state index in [2.05, 4.69) is 10.4 Å². The van der Waals surface area contributed by atoms with Crippen molar-refractivity contribution in [2.45, 2.75) is 26.8 Å². The highest BCUT2D eigenvalue weighted by Crippen LogP contribution is 2.14. The van der Waals surface area contributed by atoms with Gasteiger partial charge in [-0.15, -0.1) is 0 Å². The van der Waals surface area contributed by atoms with Crippen LogP contribution in [-0.4, -0.2) is 69.5 Å². The van der Waals surface area contributed by atoms with Gasteiger partial charge in [0.05, 0.1) is 5.69 Å². The number of hydrogen-bond donors (Lipinski definition) is 1. The highest BCUT2D eigenvalue weighted by atomic mass is 16.2. The molecule has 1 N–H and O–H groups in total. The first kappa shape index (κ1) is 19.6. The number of nitrogens with one attached hydrogen (secondary N) is 1. The van der Waals surface area contributed by atoms with Crippen LogP contribution in [0.3, 0.4) is 0 Å². The average Bonchev–Trinajstić information content (AvgIpc) is 3.09. The minimum absolute atomic E-state index is 0.0951. The van der Waals surface area contributed by atoms with Crippen LogP contribution in [0.25, 0.3) is 5.69 Å². The van der Waals surface area contributed by atoms with Gasteiger partial charge in [0.2, 0.25) is 0 Å². The van der Waals surface area contributed by atoms with E-state index in [9.17, 15) is 14.4 Å². The quantitative estimate of drug-likeness (QED) is 0.801. The lowest BCUT2D eigenvalue weighted by atomic mass is 10.2. The number of piperazine rings is 1. The van der Waals surface area contributed by atoms with E-state index in [0.29, 0.717) is 31.9 Å². The van der Waals surface area contributed by atoms with E-state index in [1.807, 2.05) is 37.3 Å². The molecule has 2 aromatic rings. The van der Waals surface area contributed by atoms with Gasteiger partial charge in [0.15, 0.2) is 5.69 Å². The van der Waals surface area contributed by atoms with Crippen LogP contribution in [0, 0.1) is 6.92 Å². The van der Waals surface area contributed by atoms with Crippen LogP contribution >= 0.6 is 0 Å². The topological polar surface area (TPSA) is 87.5 Å². The summed E-state index contributed by atoms with van der Waals surface area (Å²) in [7, 11) is 0. The van der Waals surface area contributed by atoms with E-state index in [1.54, 1.807) is 29.5 Å². The molecule has 1 fully saturated rings. The highest BCUT2D eigenvalue weighted by Gasteiger charge is 2.29. The molecule has 1 aliphatic heterocycles. The minimum Gasteiger partial charge on any atom is -0.346 e. The molecule has 2 heterocycles. The Labute approximate surface area is 164 Å². The lowest BCUT2D eigenvalue weighted by Gasteiger charge is -2.34. The van der Waals surface area contributed by atoms with Crippen molar-refractivity contribution in [3.8, 4) is 5.69 Å². The van der Waals surface area contributed by atoms with Crippen molar-refractivity contribution < 1.29 is 14.4 Å². The number of hydrogen-bond acceptors (Lipinski definition) is 4. The Bertz CT molecular complexity index is 867. The van der Waals surface area contributed by atoms with Crippen LogP contribution in [0.2, 0.25) is 0 Å². The van der Waals surface area contributed by atoms with Crippen molar-refractivity contribution in [2.24, 2.45) is 0 Å². The number of amides is 3. The van der Waals surface area contributed by atoms with Gasteiger partial charge in [-0.1, -0.05) is 18.2 Å². The third-order valence-electron chi connectivity index (χ3n) is 4.58. The molecule has 148 valence electrons. The van der Waals surface area contributed by atoms with Gasteiger partial charge < -0.3 is 15.1 Å². The van der Waals surface area contributed by atoms with Crippen molar-refractivity contribution >= 4 is 17.7 Å². The molecule has 28 heavy (non-hydrogen) atoms. The zero-order valence-electron chi connectivity index (χ0n) is 16.4. The number of aromatic nitrogens is 2. The van der Waals surface area contributed by atoms with Gasteiger partial charge in [-0.3, -0.25) is 14.4 Å². The molecule has 0 unspecified atom stereocenters. The summed E-state index contributed by atoms with van der Waals surface area (Å²) in [5.41, 5.74) is 2.14. The molecule has 1 aromatic carbocycles. The van der Waals surface area contributed by atoms with E-state index in [-0.39, 0.29) is 11.9 Å². The molecule has 3 amide bonds. The smallest absolute Gasteiger partial charge is 0.312 e. The standard InChI is InChI=1S/C20H25N5O3/c1-14(2)21-18(26)20(28)24-11-9-23(10-12-24)19(27)17-13-15(3)25(22-17)16-7-5-4-6-8-16/h4-8,13-14H,9-12H2,1-3H3,(H,21,26). The number of nitrogens with zero attached hydrogens (tertiary/aromatic N) is 4. The summed E-state index contributed by atoms with van der Waals surface area (Å²) < 4.78 is 1.74. The molecule has 0 aliphatic carbocycles. The molecule has 0 atom stereocenters. The number of carbonyl (C=O) groups excluding carboxylic acids is 3. The van der Waals surface area contributed by atoms with Crippen LogP contribution in [0.1, 0.15) is 30.0 Å². The molecule has 8 nitrogen and oxygen atoms in total. The van der Waals surface area contributed by atoms with Gasteiger partial charge >= 0.3 is 11.8 Å². The van der Waals surface area contributed by atoms with E-state index < -0.39 is 11.8 Å². The minimum atomic E-state index is -0.605. The lowest BCUT2D eigenvalue weighted by molar-refractivity contribution is -0.147. The summed E-state index contributed by atoms with van der Waals surface area (Å²) in [5.74, 6) is -1.33. The van der Waals surface area contributed by atoms with E-state index in [4.69, 9.17) is 0 Å². The zero-order valence-corrected chi connectivity index (χ0v) is 16.4. The van der Waals surface area contributed by atoms with E-state index in [0.717, 1.165) is 11.4 Å². The molecule has 1 aromatic heterocycles. The molecule has 0 bridgehead atoms. The van der Waals surface area contributed by atoms with E-state index >= 15 is 0 Å². The second-order valence-corrected chi connectivity index (χ2v) is 7.13. The Balaban J connectivity index is 1.63. The summed E-state index contributed by atoms with van der Waals surface area (Å²) in [6, 6.07) is 11.3. The van der Waals surface area contributed by atoms with Crippen LogP contribution < -0.4 is 5.32 Å². The molecule has 1 saturated heterocycles. The molecular formula is C20H25N5O3. The Morgan fingerprint density at radius 3 is 2.21 bits per heavy atom. The number of para-hydroxylation sites is 1. The molecule has 0 saturated carbocycles.